The van der Waals surface area contributed by atoms with Gasteiger partial charge in [-0.05, 0) is 25.3 Å². The Kier molecular flexibility index (Phi) is 2.13. The fraction of sp³-hybridized carbons (Fsp3) is 0.500. The lowest BCUT2D eigenvalue weighted by Crippen LogP contribution is -2.56. The smallest absolute Gasteiger partial charge is 0.337 e. The Hall–Kier alpha value is -1.62. The molecule has 1 saturated carbocycles. The van der Waals surface area contributed by atoms with E-state index in [9.17, 15) is 9.90 Å². The third-order valence-corrected chi connectivity index (χ3v) is 3.69. The summed E-state index contributed by atoms with van der Waals surface area (Å²) in [6.45, 7) is 0. The number of hydrogen-bond acceptors (Lipinski definition) is 4. The third kappa shape index (κ3) is 1.50. The SMILES string of the molecule is O=C(O)c1cnc2c(c1)C[C@H](O)C1(CCC1)O2. The van der Waals surface area contributed by atoms with Gasteiger partial charge >= 0.3 is 5.97 Å². The van der Waals surface area contributed by atoms with Gasteiger partial charge in [-0.2, -0.15) is 0 Å². The number of aromatic nitrogens is 1. The molecular formula is C12H13NO4. The van der Waals surface area contributed by atoms with Crippen molar-refractivity contribution >= 4 is 5.97 Å². The predicted octanol–water partition coefficient (Wildman–Crippen LogP) is 0.998. The Morgan fingerprint density at radius 2 is 2.29 bits per heavy atom. The van der Waals surface area contributed by atoms with Gasteiger partial charge in [-0.3, -0.25) is 0 Å². The number of pyridine rings is 1. The van der Waals surface area contributed by atoms with Crippen molar-refractivity contribution in [3.05, 3.63) is 23.4 Å². The van der Waals surface area contributed by atoms with Crippen LogP contribution in [0.2, 0.25) is 0 Å². The number of aromatic carboxylic acids is 1. The molecule has 1 aromatic heterocycles. The Balaban J connectivity index is 1.96. The number of aliphatic hydroxyl groups excluding tert-OH is 1. The van der Waals surface area contributed by atoms with Gasteiger partial charge in [0, 0.05) is 18.2 Å². The Labute approximate surface area is 98.1 Å². The quantitative estimate of drug-likeness (QED) is 0.759. The summed E-state index contributed by atoms with van der Waals surface area (Å²) in [5.41, 5.74) is 0.337. The van der Waals surface area contributed by atoms with Crippen LogP contribution >= 0.6 is 0 Å². The summed E-state index contributed by atoms with van der Waals surface area (Å²) in [5.74, 6) is -0.543. The minimum absolute atomic E-state index is 0.129. The van der Waals surface area contributed by atoms with Gasteiger partial charge in [-0.15, -0.1) is 0 Å². The van der Waals surface area contributed by atoms with E-state index in [1.165, 1.54) is 12.3 Å². The van der Waals surface area contributed by atoms with Crippen LogP contribution in [0.1, 0.15) is 35.2 Å². The number of rotatable bonds is 1. The average Bonchev–Trinajstić information content (AvgIpc) is 2.25. The fourth-order valence-corrected chi connectivity index (χ4v) is 2.47. The molecule has 2 N–H and O–H groups in total. The first-order valence-corrected chi connectivity index (χ1v) is 5.70. The normalized spacial score (nSPS) is 24.6. The molecule has 0 bridgehead atoms. The van der Waals surface area contributed by atoms with Crippen LogP contribution in [0, 0.1) is 0 Å². The van der Waals surface area contributed by atoms with Gasteiger partial charge in [0.15, 0.2) is 0 Å². The number of hydrogen-bond donors (Lipinski definition) is 2. The largest absolute Gasteiger partial charge is 0.478 e. The van der Waals surface area contributed by atoms with E-state index in [1.807, 2.05) is 0 Å². The highest BCUT2D eigenvalue weighted by Gasteiger charge is 2.49. The first-order valence-electron chi connectivity index (χ1n) is 5.70. The lowest BCUT2D eigenvalue weighted by atomic mass is 9.73. The van der Waals surface area contributed by atoms with Crippen LogP contribution in [0.3, 0.4) is 0 Å². The fourth-order valence-electron chi connectivity index (χ4n) is 2.47. The van der Waals surface area contributed by atoms with Crippen molar-refractivity contribution in [2.45, 2.75) is 37.4 Å². The molecular weight excluding hydrogens is 222 g/mol. The first kappa shape index (κ1) is 10.5. The van der Waals surface area contributed by atoms with Crippen molar-refractivity contribution in [1.29, 1.82) is 0 Å². The molecule has 17 heavy (non-hydrogen) atoms. The molecule has 1 atom stereocenters. The zero-order chi connectivity index (χ0) is 12.0. The molecule has 0 saturated heterocycles. The van der Waals surface area contributed by atoms with Crippen LogP contribution in [0.5, 0.6) is 5.88 Å². The van der Waals surface area contributed by atoms with Gasteiger partial charge in [-0.25, -0.2) is 9.78 Å². The highest BCUT2D eigenvalue weighted by Crippen LogP contribution is 2.44. The maximum absolute atomic E-state index is 10.8. The molecule has 90 valence electrons. The van der Waals surface area contributed by atoms with Crippen molar-refractivity contribution in [3.8, 4) is 5.88 Å². The van der Waals surface area contributed by atoms with E-state index in [-0.39, 0.29) is 5.56 Å². The van der Waals surface area contributed by atoms with Crippen molar-refractivity contribution in [2.75, 3.05) is 0 Å². The Morgan fingerprint density at radius 1 is 1.53 bits per heavy atom. The molecule has 0 aromatic carbocycles. The van der Waals surface area contributed by atoms with Crippen LogP contribution in [0.25, 0.3) is 0 Å². The number of aliphatic hydroxyl groups is 1. The van der Waals surface area contributed by atoms with Gasteiger partial charge in [-0.1, -0.05) is 0 Å². The molecule has 3 rings (SSSR count). The van der Waals surface area contributed by atoms with Crippen molar-refractivity contribution in [1.82, 2.24) is 4.98 Å². The van der Waals surface area contributed by atoms with Crippen LogP contribution in [0.15, 0.2) is 12.3 Å². The van der Waals surface area contributed by atoms with Crippen LogP contribution in [-0.4, -0.2) is 32.9 Å². The maximum atomic E-state index is 10.8. The number of ether oxygens (including phenoxy) is 1. The van der Waals surface area contributed by atoms with Crippen LogP contribution < -0.4 is 4.74 Å². The van der Waals surface area contributed by atoms with Crippen LogP contribution in [-0.2, 0) is 6.42 Å². The molecule has 2 heterocycles. The summed E-state index contributed by atoms with van der Waals surface area (Å²) < 4.78 is 5.75. The van der Waals surface area contributed by atoms with Crippen molar-refractivity contribution in [2.24, 2.45) is 0 Å². The lowest BCUT2D eigenvalue weighted by molar-refractivity contribution is -0.118. The van der Waals surface area contributed by atoms with Gasteiger partial charge in [0.05, 0.1) is 11.7 Å². The van der Waals surface area contributed by atoms with E-state index < -0.39 is 17.7 Å². The van der Waals surface area contributed by atoms with Gasteiger partial charge in [0.25, 0.3) is 0 Å². The molecule has 1 fully saturated rings. The van der Waals surface area contributed by atoms with E-state index in [0.29, 0.717) is 17.9 Å². The summed E-state index contributed by atoms with van der Waals surface area (Å²) in [6.07, 6.45) is 3.90. The molecule has 0 unspecified atom stereocenters. The molecule has 1 spiro atoms. The van der Waals surface area contributed by atoms with E-state index in [4.69, 9.17) is 9.84 Å². The molecule has 5 nitrogen and oxygen atoms in total. The van der Waals surface area contributed by atoms with Gasteiger partial charge in [0.2, 0.25) is 5.88 Å². The monoisotopic (exact) mass is 235 g/mol. The van der Waals surface area contributed by atoms with Crippen molar-refractivity contribution in [3.63, 3.8) is 0 Å². The summed E-state index contributed by atoms with van der Waals surface area (Å²) in [6, 6.07) is 1.53. The number of carbonyl (C=O) groups is 1. The Bertz CT molecular complexity index is 481. The highest BCUT2D eigenvalue weighted by atomic mass is 16.5. The molecule has 1 aliphatic carbocycles. The van der Waals surface area contributed by atoms with Gasteiger partial charge in [0.1, 0.15) is 5.60 Å². The summed E-state index contributed by atoms with van der Waals surface area (Å²) in [7, 11) is 0. The van der Waals surface area contributed by atoms with Gasteiger partial charge < -0.3 is 14.9 Å². The third-order valence-electron chi connectivity index (χ3n) is 3.69. The summed E-state index contributed by atoms with van der Waals surface area (Å²) >= 11 is 0. The Morgan fingerprint density at radius 3 is 2.88 bits per heavy atom. The first-order chi connectivity index (χ1) is 8.11. The average molecular weight is 235 g/mol. The summed E-state index contributed by atoms with van der Waals surface area (Å²) in [5, 5.41) is 18.9. The number of fused-ring (bicyclic) bond motifs is 1. The molecule has 0 amide bonds. The minimum atomic E-state index is -1.02. The molecule has 2 aliphatic rings. The standard InChI is InChI=1S/C12H13NO4/c14-9-5-7-4-8(11(15)16)6-13-10(7)17-12(9)2-1-3-12/h4,6,9,14H,1-3,5H2,(H,15,16)/t9-/m0/s1. The van der Waals surface area contributed by atoms with E-state index in [2.05, 4.69) is 4.98 Å². The number of nitrogens with zero attached hydrogens (tertiary/aromatic N) is 1. The minimum Gasteiger partial charge on any atom is -0.478 e. The molecule has 1 aliphatic heterocycles. The highest BCUT2D eigenvalue weighted by molar-refractivity contribution is 5.87. The molecule has 5 heteroatoms. The van der Waals surface area contributed by atoms with E-state index in [1.54, 1.807) is 0 Å². The lowest BCUT2D eigenvalue weighted by Gasteiger charge is -2.47. The predicted molar refractivity (Wildman–Crippen MR) is 58.1 cm³/mol. The van der Waals surface area contributed by atoms with Crippen molar-refractivity contribution < 1.29 is 19.7 Å². The second-order valence-electron chi connectivity index (χ2n) is 4.73. The molecule has 1 aromatic rings. The number of carboxylic acids is 1. The topological polar surface area (TPSA) is 79.7 Å². The summed E-state index contributed by atoms with van der Waals surface area (Å²) in [4.78, 5) is 14.9. The zero-order valence-electron chi connectivity index (χ0n) is 9.22. The van der Waals surface area contributed by atoms with E-state index in [0.717, 1.165) is 19.3 Å². The molecule has 0 radical (unpaired) electrons. The number of carboxylic acid groups (broad SMARTS) is 1. The van der Waals surface area contributed by atoms with E-state index >= 15 is 0 Å². The second-order valence-corrected chi connectivity index (χ2v) is 4.73. The second kappa shape index (κ2) is 3.43. The van der Waals surface area contributed by atoms with Crippen LogP contribution in [0.4, 0.5) is 0 Å². The zero-order valence-corrected chi connectivity index (χ0v) is 9.22. The maximum Gasteiger partial charge on any atom is 0.337 e.